The molecule has 1 saturated carbocycles. The second-order valence-corrected chi connectivity index (χ2v) is 7.10. The minimum atomic E-state index is -1.18. The maximum atomic E-state index is 12.4. The number of carboxylic acid groups (broad SMARTS) is 1. The fourth-order valence-corrected chi connectivity index (χ4v) is 4.62. The van der Waals surface area contributed by atoms with Gasteiger partial charge >= 0.3 is 12.1 Å². The fraction of sp³-hybridized carbons (Fsp3) is 0.611. The van der Waals surface area contributed by atoms with Gasteiger partial charge in [0.05, 0.1) is 24.1 Å². The summed E-state index contributed by atoms with van der Waals surface area (Å²) < 4.78 is 5.08. The van der Waals surface area contributed by atoms with Crippen molar-refractivity contribution in [3.63, 3.8) is 0 Å². The molecule has 0 aromatic carbocycles. The van der Waals surface area contributed by atoms with Crippen LogP contribution in [0.4, 0.5) is 4.79 Å². The Balaban J connectivity index is 1.96. The lowest BCUT2D eigenvalue weighted by Gasteiger charge is -2.47. The SMILES string of the molecule is C=CCOC(=O)N(C)C1CCCC2C1=C(C(=O)O)N1C(=O)C(C(C)O)C21. The Morgan fingerprint density at radius 1 is 1.46 bits per heavy atom. The molecule has 26 heavy (non-hydrogen) atoms. The van der Waals surface area contributed by atoms with Gasteiger partial charge in [-0.3, -0.25) is 4.79 Å². The lowest BCUT2D eigenvalue weighted by molar-refractivity contribution is -0.163. The first kappa shape index (κ1) is 18.4. The van der Waals surface area contributed by atoms with E-state index in [1.54, 1.807) is 14.0 Å². The van der Waals surface area contributed by atoms with E-state index in [1.165, 1.54) is 15.9 Å². The van der Waals surface area contributed by atoms with Crippen molar-refractivity contribution in [2.75, 3.05) is 13.7 Å². The van der Waals surface area contributed by atoms with Crippen LogP contribution in [0.1, 0.15) is 26.2 Å². The Morgan fingerprint density at radius 2 is 2.15 bits per heavy atom. The van der Waals surface area contributed by atoms with E-state index in [0.29, 0.717) is 12.0 Å². The quantitative estimate of drug-likeness (QED) is 0.556. The first-order valence-electron chi connectivity index (χ1n) is 8.80. The summed E-state index contributed by atoms with van der Waals surface area (Å²) in [6.07, 6.45) is 2.21. The molecule has 0 aromatic rings. The summed E-state index contributed by atoms with van der Waals surface area (Å²) in [5.41, 5.74) is 0.568. The smallest absolute Gasteiger partial charge is 0.410 e. The van der Waals surface area contributed by atoms with E-state index in [-0.39, 0.29) is 30.2 Å². The van der Waals surface area contributed by atoms with Gasteiger partial charge in [-0.1, -0.05) is 19.1 Å². The number of aliphatic carboxylic acids is 1. The third-order valence-corrected chi connectivity index (χ3v) is 5.67. The van der Waals surface area contributed by atoms with E-state index in [9.17, 15) is 24.6 Å². The fourth-order valence-electron chi connectivity index (χ4n) is 4.62. The van der Waals surface area contributed by atoms with Gasteiger partial charge in [-0.05, 0) is 25.3 Å². The minimum absolute atomic E-state index is 0.0324. The number of aliphatic hydroxyl groups excluding tert-OH is 1. The van der Waals surface area contributed by atoms with Gasteiger partial charge in [0.1, 0.15) is 12.3 Å². The van der Waals surface area contributed by atoms with Crippen LogP contribution in [0.2, 0.25) is 0 Å². The zero-order valence-electron chi connectivity index (χ0n) is 14.9. The van der Waals surface area contributed by atoms with Crippen molar-refractivity contribution >= 4 is 18.0 Å². The topological polar surface area (TPSA) is 107 Å². The van der Waals surface area contributed by atoms with Crippen LogP contribution in [0.3, 0.4) is 0 Å². The highest BCUT2D eigenvalue weighted by atomic mass is 16.6. The van der Waals surface area contributed by atoms with Gasteiger partial charge in [0.25, 0.3) is 0 Å². The number of carbonyl (C=O) groups excluding carboxylic acids is 2. The first-order valence-corrected chi connectivity index (χ1v) is 8.80. The molecule has 2 aliphatic heterocycles. The Morgan fingerprint density at radius 3 is 2.73 bits per heavy atom. The normalized spacial score (nSPS) is 30.9. The van der Waals surface area contributed by atoms with Crippen molar-refractivity contribution in [3.8, 4) is 0 Å². The van der Waals surface area contributed by atoms with Crippen molar-refractivity contribution in [2.24, 2.45) is 11.8 Å². The Bertz CT molecular complexity index is 685. The zero-order chi connectivity index (χ0) is 19.2. The van der Waals surface area contributed by atoms with Gasteiger partial charge in [0, 0.05) is 13.0 Å². The highest BCUT2D eigenvalue weighted by molar-refractivity contribution is 6.00. The van der Waals surface area contributed by atoms with Crippen LogP contribution >= 0.6 is 0 Å². The number of rotatable bonds is 5. The summed E-state index contributed by atoms with van der Waals surface area (Å²) in [6.45, 7) is 5.13. The van der Waals surface area contributed by atoms with Crippen LogP contribution in [0.25, 0.3) is 0 Å². The summed E-state index contributed by atoms with van der Waals surface area (Å²) >= 11 is 0. The van der Waals surface area contributed by atoms with Crippen molar-refractivity contribution < 1.29 is 29.3 Å². The number of amides is 2. The number of hydrogen-bond acceptors (Lipinski definition) is 5. The molecule has 2 heterocycles. The molecule has 8 nitrogen and oxygen atoms in total. The Hall–Kier alpha value is -2.35. The van der Waals surface area contributed by atoms with Crippen LogP contribution in [-0.4, -0.2) is 69.8 Å². The van der Waals surface area contributed by atoms with Crippen LogP contribution < -0.4 is 0 Å². The number of likely N-dealkylation sites (N-methyl/N-ethyl adjacent to an activating group) is 1. The highest BCUT2D eigenvalue weighted by Gasteiger charge is 2.62. The predicted octanol–water partition coefficient (Wildman–Crippen LogP) is 0.970. The maximum Gasteiger partial charge on any atom is 0.410 e. The molecule has 5 unspecified atom stereocenters. The molecular formula is C18H24N2O6. The van der Waals surface area contributed by atoms with Gasteiger partial charge in [0.2, 0.25) is 5.91 Å². The standard InChI is InChI=1S/C18H24N2O6/c1-4-8-26-18(25)19(3)11-7-5-6-10-13(11)15(17(23)24)20-14(10)12(9(2)21)16(20)22/h4,9-12,14,21H,1,5-8H2,2-3H3,(H,23,24). The van der Waals surface area contributed by atoms with E-state index in [4.69, 9.17) is 4.74 Å². The molecule has 2 N–H and O–H groups in total. The average molecular weight is 364 g/mol. The third-order valence-electron chi connectivity index (χ3n) is 5.67. The van der Waals surface area contributed by atoms with Crippen LogP contribution in [0, 0.1) is 11.8 Å². The Kier molecular flexibility index (Phi) is 4.79. The summed E-state index contributed by atoms with van der Waals surface area (Å²) in [5.74, 6) is -2.29. The van der Waals surface area contributed by atoms with E-state index < -0.39 is 30.1 Å². The Labute approximate surface area is 151 Å². The van der Waals surface area contributed by atoms with E-state index in [0.717, 1.165) is 12.8 Å². The van der Waals surface area contributed by atoms with Gasteiger partial charge in [-0.15, -0.1) is 0 Å². The third kappa shape index (κ3) is 2.59. The molecule has 1 saturated heterocycles. The van der Waals surface area contributed by atoms with Crippen LogP contribution in [-0.2, 0) is 14.3 Å². The van der Waals surface area contributed by atoms with Crippen molar-refractivity contribution in [3.05, 3.63) is 23.9 Å². The molecule has 2 fully saturated rings. The molecule has 1 aliphatic carbocycles. The highest BCUT2D eigenvalue weighted by Crippen LogP contribution is 2.52. The molecule has 142 valence electrons. The monoisotopic (exact) mass is 364 g/mol. The summed E-state index contributed by atoms with van der Waals surface area (Å²) in [6, 6.07) is -0.783. The number of carbonyl (C=O) groups is 3. The van der Waals surface area contributed by atoms with Crippen LogP contribution in [0.5, 0.6) is 0 Å². The molecule has 8 heteroatoms. The van der Waals surface area contributed by atoms with Crippen molar-refractivity contribution in [1.29, 1.82) is 0 Å². The summed E-state index contributed by atoms with van der Waals surface area (Å²) in [4.78, 5) is 39.3. The van der Waals surface area contributed by atoms with E-state index >= 15 is 0 Å². The van der Waals surface area contributed by atoms with E-state index in [1.807, 2.05) is 0 Å². The molecule has 5 atom stereocenters. The lowest BCUT2D eigenvalue weighted by Crippen LogP contribution is -2.64. The molecule has 3 rings (SSSR count). The number of nitrogens with zero attached hydrogens (tertiary/aromatic N) is 2. The number of carboxylic acids is 1. The molecule has 0 aromatic heterocycles. The number of ether oxygens (including phenoxy) is 1. The number of hydrogen-bond donors (Lipinski definition) is 2. The van der Waals surface area contributed by atoms with Crippen molar-refractivity contribution in [2.45, 2.75) is 44.4 Å². The second kappa shape index (κ2) is 6.75. The zero-order valence-corrected chi connectivity index (χ0v) is 14.9. The van der Waals surface area contributed by atoms with E-state index in [2.05, 4.69) is 6.58 Å². The largest absolute Gasteiger partial charge is 0.477 e. The van der Waals surface area contributed by atoms with Gasteiger partial charge in [-0.25, -0.2) is 9.59 Å². The molecule has 3 aliphatic rings. The molecule has 0 radical (unpaired) electrons. The van der Waals surface area contributed by atoms with Gasteiger partial charge < -0.3 is 24.7 Å². The number of β-lactam (4-membered cyclic amide) rings is 1. The molecular weight excluding hydrogens is 340 g/mol. The molecule has 0 spiro atoms. The number of aliphatic hydroxyl groups is 1. The minimum Gasteiger partial charge on any atom is -0.477 e. The summed E-state index contributed by atoms with van der Waals surface area (Å²) in [7, 11) is 1.58. The van der Waals surface area contributed by atoms with Gasteiger partial charge in [0.15, 0.2) is 0 Å². The predicted molar refractivity (Wildman–Crippen MR) is 90.9 cm³/mol. The maximum absolute atomic E-state index is 12.4. The molecule has 2 amide bonds. The van der Waals surface area contributed by atoms with Crippen molar-refractivity contribution in [1.82, 2.24) is 9.80 Å². The van der Waals surface area contributed by atoms with Crippen LogP contribution in [0.15, 0.2) is 23.9 Å². The summed E-state index contributed by atoms with van der Waals surface area (Å²) in [5, 5.41) is 19.7. The first-order chi connectivity index (χ1) is 12.3. The van der Waals surface area contributed by atoms with Gasteiger partial charge in [-0.2, -0.15) is 0 Å². The molecule has 0 bridgehead atoms. The lowest BCUT2D eigenvalue weighted by atomic mass is 9.71. The average Bonchev–Trinajstić information content (AvgIpc) is 2.89. The second-order valence-electron chi connectivity index (χ2n) is 7.10. The number of fused-ring (bicyclic) bond motifs is 3.